The highest BCUT2D eigenvalue weighted by Gasteiger charge is 2.33. The van der Waals surface area contributed by atoms with Gasteiger partial charge in [0.1, 0.15) is 0 Å². The fourth-order valence-electron chi connectivity index (χ4n) is 1.95. The molecule has 1 fully saturated rings. The molecule has 1 aliphatic heterocycles. The van der Waals surface area contributed by atoms with Crippen LogP contribution < -0.4 is 0 Å². The van der Waals surface area contributed by atoms with Crippen molar-refractivity contribution in [3.8, 4) is 0 Å². The molecule has 1 heterocycles. The van der Waals surface area contributed by atoms with Gasteiger partial charge in [0.2, 0.25) is 5.91 Å². The van der Waals surface area contributed by atoms with E-state index >= 15 is 0 Å². The number of benzene rings is 1. The molecule has 92 valence electrons. The normalized spacial score (nSPS) is 17.7. The number of hydrogen-bond donors (Lipinski definition) is 1. The molecule has 1 aliphatic rings. The number of halogens is 1. The summed E-state index contributed by atoms with van der Waals surface area (Å²) in [5, 5.41) is 9.35. The van der Waals surface area contributed by atoms with E-state index in [-0.39, 0.29) is 17.9 Å². The van der Waals surface area contributed by atoms with Crippen molar-refractivity contribution in [2.75, 3.05) is 13.1 Å². The Balaban J connectivity index is 1.87. The van der Waals surface area contributed by atoms with Crippen molar-refractivity contribution < 1.29 is 9.90 Å². The first-order chi connectivity index (χ1) is 8.06. The average Bonchev–Trinajstić information content (AvgIpc) is 2.13. The molecular formula is C13H16BrNO2. The zero-order valence-corrected chi connectivity index (χ0v) is 11.4. The van der Waals surface area contributed by atoms with E-state index < -0.39 is 0 Å². The van der Waals surface area contributed by atoms with Gasteiger partial charge in [0.05, 0.1) is 12.5 Å². The molecule has 1 saturated heterocycles. The van der Waals surface area contributed by atoms with Crippen molar-refractivity contribution in [3.63, 3.8) is 0 Å². The number of likely N-dealkylation sites (tertiary alicyclic amines) is 1. The Hall–Kier alpha value is -0.870. The molecule has 1 amide bonds. The third-order valence-electron chi connectivity index (χ3n) is 3.19. The van der Waals surface area contributed by atoms with E-state index in [1.807, 2.05) is 24.3 Å². The molecule has 1 aromatic carbocycles. The summed E-state index contributed by atoms with van der Waals surface area (Å²) in [5.41, 5.74) is 1.02. The summed E-state index contributed by atoms with van der Waals surface area (Å²) in [5.74, 6) is 0.390. The maximum atomic E-state index is 11.9. The molecule has 0 saturated carbocycles. The molecule has 1 N–H and O–H groups in total. The van der Waals surface area contributed by atoms with Crippen LogP contribution in [0.4, 0.5) is 0 Å². The van der Waals surface area contributed by atoms with E-state index in [0.717, 1.165) is 10.0 Å². The number of amides is 1. The van der Waals surface area contributed by atoms with Crippen LogP contribution in [0.25, 0.3) is 0 Å². The van der Waals surface area contributed by atoms with Crippen LogP contribution in [0.2, 0.25) is 0 Å². The lowest BCUT2D eigenvalue weighted by Gasteiger charge is -2.40. The molecule has 0 aromatic heterocycles. The quantitative estimate of drug-likeness (QED) is 0.925. The fourth-order valence-corrected chi connectivity index (χ4v) is 2.40. The summed E-state index contributed by atoms with van der Waals surface area (Å²) < 4.78 is 0.994. The second kappa shape index (κ2) is 5.19. The topological polar surface area (TPSA) is 40.5 Å². The van der Waals surface area contributed by atoms with Crippen molar-refractivity contribution in [1.29, 1.82) is 0 Å². The van der Waals surface area contributed by atoms with Gasteiger partial charge in [0.15, 0.2) is 0 Å². The van der Waals surface area contributed by atoms with Gasteiger partial charge < -0.3 is 10.0 Å². The van der Waals surface area contributed by atoms with Gasteiger partial charge >= 0.3 is 0 Å². The summed E-state index contributed by atoms with van der Waals surface area (Å²) in [6.45, 7) is 3.15. The van der Waals surface area contributed by atoms with Crippen molar-refractivity contribution >= 4 is 21.8 Å². The molecule has 2 rings (SSSR count). The minimum absolute atomic E-state index is 0.139. The summed E-state index contributed by atoms with van der Waals surface area (Å²) in [6.07, 6.45) is 0.122. The zero-order chi connectivity index (χ0) is 12.4. The molecule has 0 spiro atoms. The number of nitrogens with zero attached hydrogens (tertiary/aromatic N) is 1. The van der Waals surface area contributed by atoms with Gasteiger partial charge in [-0.2, -0.15) is 0 Å². The number of rotatable bonds is 3. The third kappa shape index (κ3) is 3.07. The predicted molar refractivity (Wildman–Crippen MR) is 69.6 cm³/mol. The lowest BCUT2D eigenvalue weighted by atomic mass is 9.94. The average molecular weight is 298 g/mol. The van der Waals surface area contributed by atoms with Crippen molar-refractivity contribution in [2.45, 2.75) is 19.4 Å². The van der Waals surface area contributed by atoms with E-state index in [0.29, 0.717) is 19.5 Å². The van der Waals surface area contributed by atoms with E-state index in [1.165, 1.54) is 0 Å². The molecule has 4 heteroatoms. The van der Waals surface area contributed by atoms with Crippen molar-refractivity contribution in [2.24, 2.45) is 5.92 Å². The molecule has 0 bridgehead atoms. The van der Waals surface area contributed by atoms with Crippen molar-refractivity contribution in [1.82, 2.24) is 4.90 Å². The highest BCUT2D eigenvalue weighted by atomic mass is 79.9. The molecule has 3 nitrogen and oxygen atoms in total. The first-order valence-corrected chi connectivity index (χ1v) is 6.56. The summed E-state index contributed by atoms with van der Waals surface area (Å²) in [6, 6.07) is 7.79. The second-order valence-electron chi connectivity index (χ2n) is 4.61. The van der Waals surface area contributed by atoms with Crippen LogP contribution in [0.15, 0.2) is 28.7 Å². The second-order valence-corrected chi connectivity index (χ2v) is 5.52. The van der Waals surface area contributed by atoms with Gasteiger partial charge in [-0.15, -0.1) is 0 Å². The summed E-state index contributed by atoms with van der Waals surface area (Å²) in [7, 11) is 0. The van der Waals surface area contributed by atoms with Gasteiger partial charge in [-0.05, 0) is 24.6 Å². The largest absolute Gasteiger partial charge is 0.393 e. The first-order valence-electron chi connectivity index (χ1n) is 5.76. The van der Waals surface area contributed by atoms with Crippen LogP contribution in [-0.4, -0.2) is 35.1 Å². The Morgan fingerprint density at radius 1 is 1.59 bits per heavy atom. The number of hydrogen-bond acceptors (Lipinski definition) is 2. The Kier molecular flexibility index (Phi) is 3.84. The molecular weight excluding hydrogens is 282 g/mol. The number of carbonyl (C=O) groups is 1. The number of carbonyl (C=O) groups excluding carboxylic acids is 1. The van der Waals surface area contributed by atoms with Gasteiger partial charge in [0, 0.05) is 23.5 Å². The number of aliphatic hydroxyl groups excluding tert-OH is 1. The molecule has 0 unspecified atom stereocenters. The molecule has 17 heavy (non-hydrogen) atoms. The summed E-state index contributed by atoms with van der Waals surface area (Å²) in [4.78, 5) is 13.7. The van der Waals surface area contributed by atoms with Gasteiger partial charge in [-0.25, -0.2) is 0 Å². The molecule has 0 aliphatic carbocycles. The van der Waals surface area contributed by atoms with Crippen molar-refractivity contribution in [3.05, 3.63) is 34.3 Å². The highest BCUT2D eigenvalue weighted by Crippen LogP contribution is 2.20. The maximum absolute atomic E-state index is 11.9. The van der Waals surface area contributed by atoms with Crippen LogP contribution in [-0.2, 0) is 11.2 Å². The van der Waals surface area contributed by atoms with Crippen LogP contribution >= 0.6 is 15.9 Å². The Morgan fingerprint density at radius 3 is 2.88 bits per heavy atom. The lowest BCUT2D eigenvalue weighted by Crippen LogP contribution is -2.54. The fraction of sp³-hybridized carbons (Fsp3) is 0.462. The maximum Gasteiger partial charge on any atom is 0.227 e. The Morgan fingerprint density at radius 2 is 2.29 bits per heavy atom. The minimum Gasteiger partial charge on any atom is -0.393 e. The zero-order valence-electron chi connectivity index (χ0n) is 9.77. The Bertz CT molecular complexity index is 414. The lowest BCUT2D eigenvalue weighted by molar-refractivity contribution is -0.139. The standard InChI is InChI=1S/C13H16BrNO2/c1-9(16)11-7-15(8-11)13(17)6-10-3-2-4-12(14)5-10/h2-5,9,11,16H,6-8H2,1H3/t9-/m1/s1. The van der Waals surface area contributed by atoms with Gasteiger partial charge in [-0.1, -0.05) is 28.1 Å². The van der Waals surface area contributed by atoms with E-state index in [4.69, 9.17) is 0 Å². The van der Waals surface area contributed by atoms with E-state index in [9.17, 15) is 9.90 Å². The molecule has 1 atom stereocenters. The third-order valence-corrected chi connectivity index (χ3v) is 3.68. The summed E-state index contributed by atoms with van der Waals surface area (Å²) >= 11 is 3.39. The Labute approximate surface area is 110 Å². The van der Waals surface area contributed by atoms with Gasteiger partial charge in [0.25, 0.3) is 0 Å². The predicted octanol–water partition coefficient (Wildman–Crippen LogP) is 1.83. The highest BCUT2D eigenvalue weighted by molar-refractivity contribution is 9.10. The van der Waals surface area contributed by atoms with E-state index in [2.05, 4.69) is 15.9 Å². The number of aliphatic hydroxyl groups is 1. The van der Waals surface area contributed by atoms with Gasteiger partial charge in [-0.3, -0.25) is 4.79 Å². The van der Waals surface area contributed by atoms with Crippen LogP contribution in [0.5, 0.6) is 0 Å². The van der Waals surface area contributed by atoms with Crippen LogP contribution in [0.3, 0.4) is 0 Å². The minimum atomic E-state index is -0.315. The SMILES string of the molecule is C[C@@H](O)C1CN(C(=O)Cc2cccc(Br)c2)C1. The van der Waals surface area contributed by atoms with Crippen LogP contribution in [0, 0.1) is 5.92 Å². The van der Waals surface area contributed by atoms with Crippen LogP contribution in [0.1, 0.15) is 12.5 Å². The monoisotopic (exact) mass is 297 g/mol. The molecule has 0 radical (unpaired) electrons. The first kappa shape index (κ1) is 12.6. The molecule has 1 aromatic rings. The smallest absolute Gasteiger partial charge is 0.227 e. The van der Waals surface area contributed by atoms with E-state index in [1.54, 1.807) is 11.8 Å².